The highest BCUT2D eigenvalue weighted by Crippen LogP contribution is 2.40. The van der Waals surface area contributed by atoms with Gasteiger partial charge in [0.15, 0.2) is 0 Å². The summed E-state index contributed by atoms with van der Waals surface area (Å²) in [5, 5.41) is 8.72. The summed E-state index contributed by atoms with van der Waals surface area (Å²) in [5.41, 5.74) is 4.76. The van der Waals surface area contributed by atoms with Crippen molar-refractivity contribution >= 4 is 0 Å². The number of allylic oxidation sites excluding steroid dienone is 9. The van der Waals surface area contributed by atoms with Gasteiger partial charge in [-0.1, -0.05) is 55.4 Å². The Kier molecular flexibility index (Phi) is 7.02. The molecule has 0 spiro atoms. The minimum atomic E-state index is -0.540. The van der Waals surface area contributed by atoms with Gasteiger partial charge in [0.25, 0.3) is 0 Å². The minimum absolute atomic E-state index is 0.249. The average molecular weight is 304 g/mol. The van der Waals surface area contributed by atoms with E-state index >= 15 is 0 Å². The maximum Gasteiger partial charge on any atom is 0.128 e. The van der Waals surface area contributed by atoms with E-state index < -0.39 is 12.4 Å². The van der Waals surface area contributed by atoms with Crippen LogP contribution in [0.25, 0.3) is 0 Å². The zero-order valence-corrected chi connectivity index (χ0v) is 14.5. The van der Waals surface area contributed by atoms with Crippen LogP contribution >= 0.6 is 0 Å². The van der Waals surface area contributed by atoms with E-state index in [2.05, 4.69) is 32.9 Å². The molecule has 0 amide bonds. The van der Waals surface area contributed by atoms with Gasteiger partial charge in [-0.15, -0.1) is 0 Å². The Morgan fingerprint density at radius 3 is 2.55 bits per heavy atom. The van der Waals surface area contributed by atoms with E-state index in [0.29, 0.717) is 5.57 Å². The van der Waals surface area contributed by atoms with Gasteiger partial charge >= 0.3 is 0 Å². The zero-order valence-electron chi connectivity index (χ0n) is 14.5. The van der Waals surface area contributed by atoms with Crippen molar-refractivity contribution in [2.45, 2.75) is 53.9 Å². The highest BCUT2D eigenvalue weighted by atomic mass is 19.1. The number of aliphatic hydroxyl groups is 1. The predicted octanol–water partition coefficient (Wildman–Crippen LogP) is 5.81. The number of halogens is 1. The standard InChI is InChI=1S/C20H29FO/c1-15(8-6-9-17(3)19(21)14-22)11-12-18-16(2)10-7-13-20(18,4)5/h6,8-9,11-12,22H,7,10,13-14H2,1-5H3/b9-6+,12-11+,15-8-,19-17-. The summed E-state index contributed by atoms with van der Waals surface area (Å²) >= 11 is 0. The van der Waals surface area contributed by atoms with Crippen LogP contribution in [-0.4, -0.2) is 11.7 Å². The Labute approximate surface area is 134 Å². The third-order valence-corrected chi connectivity index (χ3v) is 4.33. The molecule has 122 valence electrons. The molecule has 1 aliphatic carbocycles. The minimum Gasteiger partial charge on any atom is -0.389 e. The van der Waals surface area contributed by atoms with Gasteiger partial charge in [0.2, 0.25) is 0 Å². The van der Waals surface area contributed by atoms with Crippen molar-refractivity contribution in [3.63, 3.8) is 0 Å². The first-order chi connectivity index (χ1) is 10.3. The highest BCUT2D eigenvalue weighted by Gasteiger charge is 2.26. The van der Waals surface area contributed by atoms with Crippen LogP contribution < -0.4 is 0 Å². The summed E-state index contributed by atoms with van der Waals surface area (Å²) in [6.07, 6.45) is 13.5. The topological polar surface area (TPSA) is 20.2 Å². The van der Waals surface area contributed by atoms with Gasteiger partial charge in [0.1, 0.15) is 5.83 Å². The van der Waals surface area contributed by atoms with E-state index in [0.717, 1.165) is 5.57 Å². The Balaban J connectivity index is 2.82. The van der Waals surface area contributed by atoms with Gasteiger partial charge in [-0.3, -0.25) is 0 Å². The maximum atomic E-state index is 13.1. The quantitative estimate of drug-likeness (QED) is 0.636. The predicted molar refractivity (Wildman–Crippen MR) is 93.3 cm³/mol. The van der Waals surface area contributed by atoms with Crippen LogP contribution in [0.1, 0.15) is 53.9 Å². The second-order valence-corrected chi connectivity index (χ2v) is 6.78. The van der Waals surface area contributed by atoms with Crippen molar-refractivity contribution in [3.05, 3.63) is 58.5 Å². The molecule has 2 heteroatoms. The average Bonchev–Trinajstić information content (AvgIpc) is 2.45. The lowest BCUT2D eigenvalue weighted by atomic mass is 9.72. The Hall–Kier alpha value is -1.41. The monoisotopic (exact) mass is 304 g/mol. The van der Waals surface area contributed by atoms with E-state index in [9.17, 15) is 4.39 Å². The Morgan fingerprint density at radius 1 is 1.27 bits per heavy atom. The first-order valence-corrected chi connectivity index (χ1v) is 7.97. The van der Waals surface area contributed by atoms with Crippen LogP contribution in [0, 0.1) is 5.41 Å². The first kappa shape index (κ1) is 18.6. The molecule has 1 N–H and O–H groups in total. The fraction of sp³-hybridized carbons (Fsp3) is 0.500. The fourth-order valence-electron chi connectivity index (χ4n) is 2.84. The molecule has 1 rings (SSSR count). The molecule has 0 aliphatic heterocycles. The molecule has 1 nitrogen and oxygen atoms in total. The first-order valence-electron chi connectivity index (χ1n) is 7.97. The normalized spacial score (nSPS) is 21.0. The second kappa shape index (κ2) is 8.28. The Morgan fingerprint density at radius 2 is 1.95 bits per heavy atom. The lowest BCUT2D eigenvalue weighted by Crippen LogP contribution is -2.19. The van der Waals surface area contributed by atoms with Crippen molar-refractivity contribution in [2.24, 2.45) is 5.41 Å². The van der Waals surface area contributed by atoms with Crippen LogP contribution in [0.3, 0.4) is 0 Å². The van der Waals surface area contributed by atoms with E-state index in [1.807, 2.05) is 19.1 Å². The summed E-state index contributed by atoms with van der Waals surface area (Å²) in [6, 6.07) is 0. The van der Waals surface area contributed by atoms with Crippen molar-refractivity contribution in [2.75, 3.05) is 6.61 Å². The lowest BCUT2D eigenvalue weighted by Gasteiger charge is -2.32. The molecule has 0 aromatic rings. The molecule has 0 radical (unpaired) electrons. The van der Waals surface area contributed by atoms with Crippen LogP contribution in [0.2, 0.25) is 0 Å². The summed E-state index contributed by atoms with van der Waals surface area (Å²) in [6.45, 7) is 9.99. The van der Waals surface area contributed by atoms with Crippen LogP contribution in [0.5, 0.6) is 0 Å². The summed E-state index contributed by atoms with van der Waals surface area (Å²) in [4.78, 5) is 0. The number of rotatable bonds is 5. The van der Waals surface area contributed by atoms with Crippen molar-refractivity contribution in [1.29, 1.82) is 0 Å². The van der Waals surface area contributed by atoms with Gasteiger partial charge in [-0.2, -0.15) is 0 Å². The van der Waals surface area contributed by atoms with E-state index in [-0.39, 0.29) is 5.41 Å². The molecule has 0 saturated heterocycles. The van der Waals surface area contributed by atoms with Crippen molar-refractivity contribution in [3.8, 4) is 0 Å². The van der Waals surface area contributed by atoms with Crippen molar-refractivity contribution in [1.82, 2.24) is 0 Å². The van der Waals surface area contributed by atoms with Crippen LogP contribution in [-0.2, 0) is 0 Å². The summed E-state index contributed by atoms with van der Waals surface area (Å²) in [5.74, 6) is -0.484. The highest BCUT2D eigenvalue weighted by molar-refractivity contribution is 5.37. The van der Waals surface area contributed by atoms with Crippen LogP contribution in [0.15, 0.2) is 58.5 Å². The molecule has 0 fully saturated rings. The molecule has 22 heavy (non-hydrogen) atoms. The summed E-state index contributed by atoms with van der Waals surface area (Å²) < 4.78 is 13.1. The van der Waals surface area contributed by atoms with Crippen molar-refractivity contribution < 1.29 is 9.50 Å². The molecule has 0 heterocycles. The molecular formula is C20H29FO. The van der Waals surface area contributed by atoms with E-state index in [4.69, 9.17) is 5.11 Å². The molecule has 1 aliphatic rings. The molecule has 0 bridgehead atoms. The molecule has 0 aromatic carbocycles. The molecule has 0 unspecified atom stereocenters. The lowest BCUT2D eigenvalue weighted by molar-refractivity contribution is 0.296. The fourth-order valence-corrected chi connectivity index (χ4v) is 2.84. The molecule has 0 aromatic heterocycles. The SMILES string of the molecule is CC1=C(/C=C/C(C)=C\C=C\C(C)=C(/F)CO)C(C)(C)CCC1. The van der Waals surface area contributed by atoms with Gasteiger partial charge in [0, 0.05) is 0 Å². The van der Waals surface area contributed by atoms with Gasteiger partial charge < -0.3 is 5.11 Å². The third-order valence-electron chi connectivity index (χ3n) is 4.33. The smallest absolute Gasteiger partial charge is 0.128 e. The van der Waals surface area contributed by atoms with E-state index in [1.54, 1.807) is 13.0 Å². The van der Waals surface area contributed by atoms with Gasteiger partial charge in [0.05, 0.1) is 6.61 Å². The zero-order chi connectivity index (χ0) is 16.8. The van der Waals surface area contributed by atoms with Crippen LogP contribution in [0.4, 0.5) is 4.39 Å². The Bertz CT molecular complexity index is 542. The largest absolute Gasteiger partial charge is 0.389 e. The molecule has 0 saturated carbocycles. The summed E-state index contributed by atoms with van der Waals surface area (Å²) in [7, 11) is 0. The maximum absolute atomic E-state index is 13.1. The van der Waals surface area contributed by atoms with Gasteiger partial charge in [-0.25, -0.2) is 4.39 Å². The number of hydrogen-bond donors (Lipinski definition) is 1. The number of hydrogen-bond acceptors (Lipinski definition) is 1. The second-order valence-electron chi connectivity index (χ2n) is 6.78. The van der Waals surface area contributed by atoms with Gasteiger partial charge in [-0.05, 0) is 56.6 Å². The molecule has 0 atom stereocenters. The third kappa shape index (κ3) is 5.42. The van der Waals surface area contributed by atoms with E-state index in [1.165, 1.54) is 30.4 Å². The number of aliphatic hydroxyl groups excluding tert-OH is 1. The molecular weight excluding hydrogens is 275 g/mol.